The van der Waals surface area contributed by atoms with Gasteiger partial charge in [0.05, 0.1) is 12.7 Å². The van der Waals surface area contributed by atoms with Crippen molar-refractivity contribution in [3.05, 3.63) is 0 Å². The lowest BCUT2D eigenvalue weighted by Gasteiger charge is -2.03. The predicted molar refractivity (Wildman–Crippen MR) is 31.0 cm³/mol. The van der Waals surface area contributed by atoms with Crippen LogP contribution in [0.1, 0.15) is 13.3 Å². The summed E-state index contributed by atoms with van der Waals surface area (Å²) in [5, 5.41) is 8.52. The van der Waals surface area contributed by atoms with Crippen molar-refractivity contribution in [1.29, 1.82) is 0 Å². The number of carbonyl (C=O) groups excluding carboxylic acids is 1. The molecule has 1 N–H and O–H groups in total. The Bertz CT molecular complexity index is 121. The van der Waals surface area contributed by atoms with Crippen molar-refractivity contribution in [2.45, 2.75) is 25.6 Å². The first-order valence-electron chi connectivity index (χ1n) is 3.03. The lowest BCUT2D eigenvalue weighted by atomic mass is 10.2. The minimum atomic E-state index is -0.304. The van der Waals surface area contributed by atoms with E-state index in [1.807, 2.05) is 0 Å². The Hall–Kier alpha value is -0.410. The smallest absolute Gasteiger partial charge is 0.163 e. The van der Waals surface area contributed by atoms with E-state index in [4.69, 9.17) is 9.84 Å². The van der Waals surface area contributed by atoms with Crippen LogP contribution in [-0.4, -0.2) is 29.7 Å². The van der Waals surface area contributed by atoms with Crippen LogP contribution in [0.5, 0.6) is 0 Å². The Morgan fingerprint density at radius 2 is 2.56 bits per heavy atom. The predicted octanol–water partition coefficient (Wildman–Crippen LogP) is -0.275. The Labute approximate surface area is 53.6 Å². The molecule has 1 fully saturated rings. The minimum absolute atomic E-state index is 0.0456. The van der Waals surface area contributed by atoms with Crippen molar-refractivity contribution in [2.24, 2.45) is 0 Å². The molecule has 3 heteroatoms. The second kappa shape index (κ2) is 2.45. The molecule has 0 aromatic heterocycles. The third-order valence-corrected chi connectivity index (χ3v) is 1.48. The van der Waals surface area contributed by atoms with Gasteiger partial charge < -0.3 is 9.84 Å². The first-order valence-corrected chi connectivity index (χ1v) is 3.03. The normalized spacial score (nSPS) is 35.6. The third-order valence-electron chi connectivity index (χ3n) is 1.48. The van der Waals surface area contributed by atoms with Crippen LogP contribution in [0, 0.1) is 0 Å². The average Bonchev–Trinajstić information content (AvgIpc) is 2.13. The highest BCUT2D eigenvalue weighted by Crippen LogP contribution is 2.14. The Morgan fingerprint density at radius 1 is 1.89 bits per heavy atom. The number of carbonyl (C=O) groups is 1. The highest BCUT2D eigenvalue weighted by molar-refractivity contribution is 5.84. The maximum atomic E-state index is 10.7. The van der Waals surface area contributed by atoms with Gasteiger partial charge in [0.15, 0.2) is 5.78 Å². The van der Waals surface area contributed by atoms with E-state index in [2.05, 4.69) is 0 Å². The topological polar surface area (TPSA) is 46.5 Å². The van der Waals surface area contributed by atoms with Crippen LogP contribution in [0.4, 0.5) is 0 Å². The molecule has 2 unspecified atom stereocenters. The van der Waals surface area contributed by atoms with Crippen molar-refractivity contribution in [2.75, 3.05) is 6.61 Å². The van der Waals surface area contributed by atoms with Gasteiger partial charge in [0.25, 0.3) is 0 Å². The van der Waals surface area contributed by atoms with Crippen molar-refractivity contribution >= 4 is 5.78 Å². The summed E-state index contributed by atoms with van der Waals surface area (Å²) >= 11 is 0. The lowest BCUT2D eigenvalue weighted by Crippen LogP contribution is -2.12. The zero-order chi connectivity index (χ0) is 6.85. The largest absolute Gasteiger partial charge is 0.394 e. The summed E-state index contributed by atoms with van der Waals surface area (Å²) in [5.41, 5.74) is 0. The molecule has 0 radical (unpaired) electrons. The van der Waals surface area contributed by atoms with Crippen molar-refractivity contribution in [3.8, 4) is 0 Å². The number of aliphatic hydroxyl groups excluding tert-OH is 1. The molecule has 0 spiro atoms. The summed E-state index contributed by atoms with van der Waals surface area (Å²) in [7, 11) is 0. The first-order chi connectivity index (χ1) is 4.24. The van der Waals surface area contributed by atoms with Gasteiger partial charge in [0, 0.05) is 6.42 Å². The number of ketones is 1. The van der Waals surface area contributed by atoms with Crippen molar-refractivity contribution in [3.63, 3.8) is 0 Å². The molecule has 1 aliphatic rings. The molecule has 0 aliphatic carbocycles. The maximum Gasteiger partial charge on any atom is 0.163 e. The molecule has 9 heavy (non-hydrogen) atoms. The minimum Gasteiger partial charge on any atom is -0.394 e. The SMILES string of the molecule is CC1OC(CO)CC1=O. The second-order valence-corrected chi connectivity index (χ2v) is 2.25. The van der Waals surface area contributed by atoms with Gasteiger partial charge >= 0.3 is 0 Å². The molecule has 0 aromatic carbocycles. The zero-order valence-corrected chi connectivity index (χ0v) is 5.33. The van der Waals surface area contributed by atoms with Gasteiger partial charge in [0.2, 0.25) is 0 Å². The van der Waals surface area contributed by atoms with E-state index in [0.29, 0.717) is 6.42 Å². The Kier molecular flexibility index (Phi) is 1.83. The highest BCUT2D eigenvalue weighted by Gasteiger charge is 2.28. The molecule has 0 bridgehead atoms. The lowest BCUT2D eigenvalue weighted by molar-refractivity contribution is -0.121. The first kappa shape index (κ1) is 6.71. The number of Topliss-reactive ketones (excluding diaryl/α,β-unsaturated/α-hetero) is 1. The molecule has 1 rings (SSSR count). The molecule has 3 nitrogen and oxygen atoms in total. The molecule has 1 saturated heterocycles. The molecule has 0 aromatic rings. The molecular weight excluding hydrogens is 120 g/mol. The standard InChI is InChI=1S/C6H10O3/c1-4-6(8)2-5(3-7)9-4/h4-5,7H,2-3H2,1H3. The highest BCUT2D eigenvalue weighted by atomic mass is 16.5. The van der Waals surface area contributed by atoms with Gasteiger partial charge in [-0.2, -0.15) is 0 Å². The zero-order valence-electron chi connectivity index (χ0n) is 5.33. The fraction of sp³-hybridized carbons (Fsp3) is 0.833. The summed E-state index contributed by atoms with van der Waals surface area (Å²) in [6, 6.07) is 0. The molecular formula is C6H10O3. The monoisotopic (exact) mass is 130 g/mol. The van der Waals surface area contributed by atoms with E-state index in [1.165, 1.54) is 0 Å². The molecule has 52 valence electrons. The van der Waals surface area contributed by atoms with E-state index in [9.17, 15) is 4.79 Å². The Morgan fingerprint density at radius 3 is 2.78 bits per heavy atom. The van der Waals surface area contributed by atoms with Crippen LogP contribution >= 0.6 is 0 Å². The van der Waals surface area contributed by atoms with Gasteiger partial charge in [-0.05, 0) is 6.92 Å². The van der Waals surface area contributed by atoms with Crippen molar-refractivity contribution in [1.82, 2.24) is 0 Å². The summed E-state index contributed by atoms with van der Waals surface area (Å²) in [5.74, 6) is 0.0917. The third kappa shape index (κ3) is 1.28. The quantitative estimate of drug-likeness (QED) is 0.531. The van der Waals surface area contributed by atoms with Gasteiger partial charge in [-0.1, -0.05) is 0 Å². The van der Waals surface area contributed by atoms with Gasteiger partial charge in [0.1, 0.15) is 6.10 Å². The number of hydrogen-bond acceptors (Lipinski definition) is 3. The second-order valence-electron chi connectivity index (χ2n) is 2.25. The van der Waals surface area contributed by atoms with Crippen LogP contribution < -0.4 is 0 Å². The Balaban J connectivity index is 2.44. The van der Waals surface area contributed by atoms with E-state index in [0.717, 1.165) is 0 Å². The summed E-state index contributed by atoms with van der Waals surface area (Å²) in [4.78, 5) is 10.7. The molecule has 1 heterocycles. The van der Waals surface area contributed by atoms with E-state index in [1.54, 1.807) is 6.92 Å². The fourth-order valence-corrected chi connectivity index (χ4v) is 0.911. The number of ether oxygens (including phenoxy) is 1. The van der Waals surface area contributed by atoms with E-state index in [-0.39, 0.29) is 24.6 Å². The maximum absolute atomic E-state index is 10.7. The summed E-state index contributed by atoms with van der Waals surface area (Å²) < 4.78 is 5.02. The van der Waals surface area contributed by atoms with Crippen LogP contribution in [0.25, 0.3) is 0 Å². The molecule has 0 amide bonds. The summed E-state index contributed by atoms with van der Waals surface area (Å²) in [6.07, 6.45) is -0.174. The van der Waals surface area contributed by atoms with Crippen LogP contribution in [0.3, 0.4) is 0 Å². The van der Waals surface area contributed by atoms with Gasteiger partial charge in [-0.15, -0.1) is 0 Å². The van der Waals surface area contributed by atoms with Crippen LogP contribution in [-0.2, 0) is 9.53 Å². The van der Waals surface area contributed by atoms with Gasteiger partial charge in [-0.25, -0.2) is 0 Å². The van der Waals surface area contributed by atoms with E-state index < -0.39 is 0 Å². The summed E-state index contributed by atoms with van der Waals surface area (Å²) in [6.45, 7) is 1.66. The van der Waals surface area contributed by atoms with Crippen LogP contribution in [0.15, 0.2) is 0 Å². The fourth-order valence-electron chi connectivity index (χ4n) is 0.911. The molecule has 2 atom stereocenters. The van der Waals surface area contributed by atoms with Crippen LogP contribution in [0.2, 0.25) is 0 Å². The molecule has 0 saturated carbocycles. The van der Waals surface area contributed by atoms with E-state index >= 15 is 0 Å². The van der Waals surface area contributed by atoms with Gasteiger partial charge in [-0.3, -0.25) is 4.79 Å². The number of rotatable bonds is 1. The average molecular weight is 130 g/mol. The number of aliphatic hydroxyl groups is 1. The van der Waals surface area contributed by atoms with Crippen molar-refractivity contribution < 1.29 is 14.6 Å². The number of hydrogen-bond donors (Lipinski definition) is 1. The molecule has 1 aliphatic heterocycles.